The van der Waals surface area contributed by atoms with E-state index in [1.165, 1.54) is 22.7 Å². The van der Waals surface area contributed by atoms with Crippen molar-refractivity contribution in [2.45, 2.75) is 13.8 Å². The molecule has 1 amide bonds. The molecule has 0 unspecified atom stereocenters. The maximum atomic E-state index is 12.4. The Morgan fingerprint density at radius 3 is 2.57 bits per heavy atom. The minimum absolute atomic E-state index is 0.176. The van der Waals surface area contributed by atoms with Gasteiger partial charge in [-0.2, -0.15) is 0 Å². The van der Waals surface area contributed by atoms with Gasteiger partial charge in [0, 0.05) is 12.1 Å². The number of anilines is 1. The molecule has 1 aromatic carbocycles. The van der Waals surface area contributed by atoms with Crippen molar-refractivity contribution in [3.05, 3.63) is 27.7 Å². The lowest BCUT2D eigenvalue weighted by molar-refractivity contribution is 0.103. The van der Waals surface area contributed by atoms with Crippen LogP contribution in [-0.4, -0.2) is 29.1 Å². The van der Waals surface area contributed by atoms with Gasteiger partial charge in [-0.05, 0) is 13.8 Å². The normalized spacial score (nSPS) is 13.3. The van der Waals surface area contributed by atoms with Gasteiger partial charge in [-0.25, -0.2) is 9.97 Å². The van der Waals surface area contributed by atoms with Crippen LogP contribution in [0.4, 0.5) is 5.13 Å². The van der Waals surface area contributed by atoms with E-state index in [-0.39, 0.29) is 5.91 Å². The smallest absolute Gasteiger partial charge is 0.269 e. The fourth-order valence-corrected chi connectivity index (χ4v) is 4.10. The van der Waals surface area contributed by atoms with Crippen molar-refractivity contribution in [1.82, 2.24) is 9.97 Å². The van der Waals surface area contributed by atoms with Crippen LogP contribution in [0.2, 0.25) is 0 Å². The van der Waals surface area contributed by atoms with E-state index < -0.39 is 0 Å². The lowest BCUT2D eigenvalue weighted by Gasteiger charge is -2.17. The van der Waals surface area contributed by atoms with E-state index in [1.807, 2.05) is 26.0 Å². The third-order valence-electron chi connectivity index (χ3n) is 3.38. The number of rotatable bonds is 2. The predicted molar refractivity (Wildman–Crippen MR) is 90.2 cm³/mol. The van der Waals surface area contributed by atoms with Crippen molar-refractivity contribution in [2.24, 2.45) is 0 Å². The summed E-state index contributed by atoms with van der Waals surface area (Å²) in [5, 5.41) is 4.28. The lowest BCUT2D eigenvalue weighted by Crippen LogP contribution is -2.15. The number of thiazole rings is 2. The number of hydrogen-bond acceptors (Lipinski definition) is 7. The molecule has 6 nitrogen and oxygen atoms in total. The fraction of sp³-hybridized carbons (Fsp3) is 0.267. The predicted octanol–water partition coefficient (Wildman–Crippen LogP) is 3.39. The Hall–Kier alpha value is -2.19. The summed E-state index contributed by atoms with van der Waals surface area (Å²) >= 11 is 2.79. The topological polar surface area (TPSA) is 73.3 Å². The van der Waals surface area contributed by atoms with Crippen molar-refractivity contribution >= 4 is 43.9 Å². The Kier molecular flexibility index (Phi) is 3.42. The SMILES string of the molecule is Cc1nc(C)c(C(=O)Nc2nc3cc4c(cc3s2)OCCO4)s1. The van der Waals surface area contributed by atoms with Crippen LogP contribution in [-0.2, 0) is 0 Å². The van der Waals surface area contributed by atoms with Gasteiger partial charge in [-0.1, -0.05) is 11.3 Å². The number of amides is 1. The number of benzene rings is 1. The fourth-order valence-electron chi connectivity index (χ4n) is 2.41. The van der Waals surface area contributed by atoms with E-state index in [9.17, 15) is 4.79 Å². The van der Waals surface area contributed by atoms with Crippen LogP contribution in [0.15, 0.2) is 12.1 Å². The van der Waals surface area contributed by atoms with Crippen molar-refractivity contribution in [1.29, 1.82) is 0 Å². The quantitative estimate of drug-likeness (QED) is 0.769. The summed E-state index contributed by atoms with van der Waals surface area (Å²) in [4.78, 5) is 21.7. The first kappa shape index (κ1) is 14.4. The Labute approximate surface area is 140 Å². The number of nitrogens with one attached hydrogen (secondary N) is 1. The molecular weight excluding hydrogens is 334 g/mol. The van der Waals surface area contributed by atoms with Crippen LogP contribution in [0.5, 0.6) is 11.5 Å². The second kappa shape index (κ2) is 5.47. The number of hydrogen-bond donors (Lipinski definition) is 1. The van der Waals surface area contributed by atoms with Crippen molar-refractivity contribution in [3.8, 4) is 11.5 Å². The summed E-state index contributed by atoms with van der Waals surface area (Å²) in [6.07, 6.45) is 0. The molecule has 0 saturated carbocycles. The first-order chi connectivity index (χ1) is 11.1. The highest BCUT2D eigenvalue weighted by Gasteiger charge is 2.18. The second-order valence-corrected chi connectivity index (χ2v) is 7.32. The highest BCUT2D eigenvalue weighted by atomic mass is 32.1. The number of carbonyl (C=O) groups is 1. The van der Waals surface area contributed by atoms with Crippen LogP contribution in [0, 0.1) is 13.8 Å². The van der Waals surface area contributed by atoms with Gasteiger partial charge >= 0.3 is 0 Å². The second-order valence-electron chi connectivity index (χ2n) is 5.08. The van der Waals surface area contributed by atoms with Crippen molar-refractivity contribution in [3.63, 3.8) is 0 Å². The molecule has 1 aliphatic heterocycles. The third-order valence-corrected chi connectivity index (χ3v) is 5.39. The summed E-state index contributed by atoms with van der Waals surface area (Å²) in [7, 11) is 0. The van der Waals surface area contributed by atoms with Gasteiger partial charge < -0.3 is 9.47 Å². The minimum Gasteiger partial charge on any atom is -0.486 e. The zero-order valence-corrected chi connectivity index (χ0v) is 14.1. The van der Waals surface area contributed by atoms with Gasteiger partial charge in [0.2, 0.25) is 0 Å². The molecule has 118 valence electrons. The molecule has 0 atom stereocenters. The molecule has 0 fully saturated rings. The van der Waals surface area contributed by atoms with Crippen LogP contribution < -0.4 is 14.8 Å². The standard InChI is InChI=1S/C15H13N3O3S2/c1-7-13(22-8(2)16-7)14(19)18-15-17-9-5-10-11(6-12(9)23-15)21-4-3-20-10/h5-6H,3-4H2,1-2H3,(H,17,18,19). The summed E-state index contributed by atoms with van der Waals surface area (Å²) in [5.41, 5.74) is 1.52. The lowest BCUT2D eigenvalue weighted by atomic mass is 10.3. The van der Waals surface area contributed by atoms with Gasteiger partial charge in [0.15, 0.2) is 16.6 Å². The summed E-state index contributed by atoms with van der Waals surface area (Å²) in [6, 6.07) is 3.75. The molecule has 0 radical (unpaired) electrons. The number of aryl methyl sites for hydroxylation is 2. The minimum atomic E-state index is -0.176. The Morgan fingerprint density at radius 2 is 1.87 bits per heavy atom. The number of nitrogens with zero attached hydrogens (tertiary/aromatic N) is 2. The first-order valence-corrected chi connectivity index (χ1v) is 8.69. The third kappa shape index (κ3) is 2.64. The van der Waals surface area contributed by atoms with E-state index in [4.69, 9.17) is 9.47 Å². The Bertz CT molecular complexity index is 873. The molecule has 2 aromatic heterocycles. The molecule has 0 spiro atoms. The average Bonchev–Trinajstić information content (AvgIpc) is 3.06. The largest absolute Gasteiger partial charge is 0.486 e. The van der Waals surface area contributed by atoms with E-state index in [0.29, 0.717) is 29.0 Å². The van der Waals surface area contributed by atoms with Crippen molar-refractivity contribution in [2.75, 3.05) is 18.5 Å². The monoisotopic (exact) mass is 347 g/mol. The van der Waals surface area contributed by atoms with Gasteiger partial charge in [-0.15, -0.1) is 11.3 Å². The maximum absolute atomic E-state index is 12.4. The van der Waals surface area contributed by atoms with Gasteiger partial charge in [0.05, 0.1) is 20.9 Å². The molecule has 4 rings (SSSR count). The molecule has 3 aromatic rings. The molecule has 3 heterocycles. The average molecular weight is 347 g/mol. The molecular formula is C15H13N3O3S2. The molecule has 0 bridgehead atoms. The molecule has 1 aliphatic rings. The van der Waals surface area contributed by atoms with Crippen LogP contribution >= 0.6 is 22.7 Å². The molecule has 0 aliphatic carbocycles. The number of ether oxygens (including phenoxy) is 2. The summed E-state index contributed by atoms with van der Waals surface area (Å²) in [6.45, 7) is 4.80. The zero-order chi connectivity index (χ0) is 16.0. The number of aromatic nitrogens is 2. The molecule has 8 heteroatoms. The Morgan fingerprint density at radius 1 is 1.13 bits per heavy atom. The van der Waals surface area contributed by atoms with Crippen LogP contribution in [0.1, 0.15) is 20.4 Å². The zero-order valence-electron chi connectivity index (χ0n) is 12.5. The summed E-state index contributed by atoms with van der Waals surface area (Å²) < 4.78 is 12.1. The van der Waals surface area contributed by atoms with Gasteiger partial charge in [-0.3, -0.25) is 10.1 Å². The number of fused-ring (bicyclic) bond motifs is 2. The van der Waals surface area contributed by atoms with E-state index >= 15 is 0 Å². The van der Waals surface area contributed by atoms with Gasteiger partial charge in [0.25, 0.3) is 5.91 Å². The summed E-state index contributed by atoms with van der Waals surface area (Å²) in [5.74, 6) is 1.24. The molecule has 0 saturated heterocycles. The maximum Gasteiger partial charge on any atom is 0.269 e. The first-order valence-electron chi connectivity index (χ1n) is 7.06. The highest BCUT2D eigenvalue weighted by molar-refractivity contribution is 7.22. The van der Waals surface area contributed by atoms with Crippen LogP contribution in [0.25, 0.3) is 10.2 Å². The highest BCUT2D eigenvalue weighted by Crippen LogP contribution is 2.38. The van der Waals surface area contributed by atoms with Gasteiger partial charge in [0.1, 0.15) is 18.1 Å². The Balaban J connectivity index is 1.64. The van der Waals surface area contributed by atoms with E-state index in [0.717, 1.165) is 26.7 Å². The van der Waals surface area contributed by atoms with E-state index in [2.05, 4.69) is 15.3 Å². The van der Waals surface area contributed by atoms with Crippen LogP contribution in [0.3, 0.4) is 0 Å². The van der Waals surface area contributed by atoms with Crippen molar-refractivity contribution < 1.29 is 14.3 Å². The molecule has 1 N–H and O–H groups in total. The number of carbonyl (C=O) groups excluding carboxylic acids is 1. The van der Waals surface area contributed by atoms with E-state index in [1.54, 1.807) is 0 Å². The molecule has 23 heavy (non-hydrogen) atoms.